The van der Waals surface area contributed by atoms with Crippen LogP contribution in [0.15, 0.2) is 66.9 Å². The van der Waals surface area contributed by atoms with Gasteiger partial charge in [0.15, 0.2) is 0 Å². The van der Waals surface area contributed by atoms with Crippen LogP contribution in [0, 0.1) is 5.92 Å². The molecule has 0 aliphatic carbocycles. The summed E-state index contributed by atoms with van der Waals surface area (Å²) in [5, 5.41) is 8.40. The number of rotatable bonds is 6. The summed E-state index contributed by atoms with van der Waals surface area (Å²) in [7, 11) is 0. The van der Waals surface area contributed by atoms with Crippen LogP contribution in [0.5, 0.6) is 0 Å². The Morgan fingerprint density at radius 3 is 2.55 bits per heavy atom. The topological polar surface area (TPSA) is 67.2 Å². The molecule has 4 rings (SSSR count). The molecule has 1 fully saturated rings. The molecule has 8 heteroatoms. The van der Waals surface area contributed by atoms with Gasteiger partial charge in [0.2, 0.25) is 11.8 Å². The van der Waals surface area contributed by atoms with Gasteiger partial charge in [-0.1, -0.05) is 59.6 Å². The lowest BCUT2D eigenvalue weighted by Gasteiger charge is -2.30. The lowest BCUT2D eigenvalue weighted by molar-refractivity contribution is -0.130. The fourth-order valence-electron chi connectivity index (χ4n) is 3.80. The van der Waals surface area contributed by atoms with Gasteiger partial charge in [-0.25, -0.2) is 4.68 Å². The largest absolute Gasteiger partial charge is 0.339 e. The summed E-state index contributed by atoms with van der Waals surface area (Å²) in [5.41, 5.74) is 1.84. The molecule has 0 atom stereocenters. The van der Waals surface area contributed by atoms with Crippen molar-refractivity contribution in [2.45, 2.75) is 19.4 Å². The number of hydrogen-bond donors (Lipinski definition) is 1. The predicted octanol–water partition coefficient (Wildman–Crippen LogP) is 5.13. The number of nitrogens with one attached hydrogen (secondary N) is 1. The zero-order chi connectivity index (χ0) is 23.2. The van der Waals surface area contributed by atoms with Gasteiger partial charge >= 0.3 is 0 Å². The average Bonchev–Trinajstić information content (AvgIpc) is 3.26. The fourth-order valence-corrected chi connectivity index (χ4v) is 4.27. The highest BCUT2D eigenvalue weighted by Crippen LogP contribution is 2.24. The maximum Gasteiger partial charge on any atom is 0.246 e. The summed E-state index contributed by atoms with van der Waals surface area (Å²) >= 11 is 12.2. The van der Waals surface area contributed by atoms with Gasteiger partial charge in [0.05, 0.1) is 12.7 Å². The minimum absolute atomic E-state index is 0.0318. The molecule has 1 aliphatic rings. The minimum atomic E-state index is -0.158. The van der Waals surface area contributed by atoms with Crippen molar-refractivity contribution in [3.63, 3.8) is 0 Å². The van der Waals surface area contributed by atoms with Crippen molar-refractivity contribution < 1.29 is 9.59 Å². The zero-order valence-electron chi connectivity index (χ0n) is 18.0. The van der Waals surface area contributed by atoms with E-state index in [0.717, 1.165) is 11.1 Å². The van der Waals surface area contributed by atoms with E-state index in [1.165, 1.54) is 0 Å². The van der Waals surface area contributed by atoms with E-state index < -0.39 is 0 Å². The fraction of sp³-hybridized carbons (Fsp3) is 0.240. The number of hydrogen-bond acceptors (Lipinski definition) is 3. The second-order valence-corrected chi connectivity index (χ2v) is 8.79. The number of anilines is 1. The first-order chi connectivity index (χ1) is 16.0. The molecule has 1 saturated heterocycles. The normalized spacial score (nSPS) is 14.5. The maximum absolute atomic E-state index is 12.9. The summed E-state index contributed by atoms with van der Waals surface area (Å²) in [5.74, 6) is 0.353. The highest BCUT2D eigenvalue weighted by atomic mass is 35.5. The Kier molecular flexibility index (Phi) is 7.47. The third-order valence-corrected chi connectivity index (χ3v) is 6.29. The van der Waals surface area contributed by atoms with Crippen LogP contribution < -0.4 is 5.32 Å². The monoisotopic (exact) mass is 482 g/mol. The van der Waals surface area contributed by atoms with Gasteiger partial charge < -0.3 is 10.2 Å². The van der Waals surface area contributed by atoms with E-state index in [2.05, 4.69) is 10.4 Å². The van der Waals surface area contributed by atoms with Crippen LogP contribution in [-0.4, -0.2) is 39.6 Å². The lowest BCUT2D eigenvalue weighted by atomic mass is 9.96. The summed E-state index contributed by atoms with van der Waals surface area (Å²) in [6, 6.07) is 16.8. The van der Waals surface area contributed by atoms with Crippen molar-refractivity contribution in [2.75, 3.05) is 18.4 Å². The van der Waals surface area contributed by atoms with Gasteiger partial charge in [-0.05, 0) is 42.2 Å². The van der Waals surface area contributed by atoms with Crippen molar-refractivity contribution in [1.29, 1.82) is 0 Å². The van der Waals surface area contributed by atoms with Crippen LogP contribution in [-0.2, 0) is 16.1 Å². The number of carbonyl (C=O) groups is 2. The van der Waals surface area contributed by atoms with Crippen molar-refractivity contribution in [3.8, 4) is 0 Å². The van der Waals surface area contributed by atoms with Crippen LogP contribution in [0.1, 0.15) is 24.0 Å². The van der Waals surface area contributed by atoms with Gasteiger partial charge in [0.1, 0.15) is 5.82 Å². The molecular weight excluding hydrogens is 459 g/mol. The van der Waals surface area contributed by atoms with Crippen LogP contribution >= 0.6 is 23.2 Å². The number of halogens is 2. The Balaban J connectivity index is 1.30. The molecule has 0 spiro atoms. The van der Waals surface area contributed by atoms with Gasteiger partial charge in [-0.2, -0.15) is 5.10 Å². The van der Waals surface area contributed by atoms with E-state index in [1.54, 1.807) is 40.1 Å². The summed E-state index contributed by atoms with van der Waals surface area (Å²) < 4.78 is 1.69. The van der Waals surface area contributed by atoms with E-state index in [9.17, 15) is 9.59 Å². The molecule has 2 heterocycles. The number of benzene rings is 2. The van der Waals surface area contributed by atoms with Gasteiger partial charge in [0, 0.05) is 41.2 Å². The van der Waals surface area contributed by atoms with Crippen LogP contribution in [0.4, 0.5) is 5.82 Å². The molecular formula is C25H24Cl2N4O2. The van der Waals surface area contributed by atoms with Gasteiger partial charge in [-0.15, -0.1) is 0 Å². The Morgan fingerprint density at radius 2 is 1.82 bits per heavy atom. The lowest BCUT2D eigenvalue weighted by Crippen LogP contribution is -2.40. The van der Waals surface area contributed by atoms with Gasteiger partial charge in [-0.3, -0.25) is 9.59 Å². The van der Waals surface area contributed by atoms with E-state index >= 15 is 0 Å². The number of nitrogens with zero attached hydrogens (tertiary/aromatic N) is 3. The highest BCUT2D eigenvalue weighted by Gasteiger charge is 2.27. The van der Waals surface area contributed by atoms with E-state index in [1.807, 2.05) is 42.5 Å². The molecule has 0 bridgehead atoms. The van der Waals surface area contributed by atoms with Crippen LogP contribution in [0.3, 0.4) is 0 Å². The molecule has 3 aromatic rings. The maximum atomic E-state index is 12.9. The van der Waals surface area contributed by atoms with Crippen molar-refractivity contribution in [2.24, 2.45) is 5.92 Å². The average molecular weight is 483 g/mol. The second-order valence-electron chi connectivity index (χ2n) is 7.94. The smallest absolute Gasteiger partial charge is 0.246 e. The number of carbonyl (C=O) groups excluding carboxylic acids is 2. The summed E-state index contributed by atoms with van der Waals surface area (Å²) in [6.07, 6.45) is 6.28. The molecule has 170 valence electrons. The van der Waals surface area contributed by atoms with E-state index in [0.29, 0.717) is 48.3 Å². The van der Waals surface area contributed by atoms with Crippen LogP contribution in [0.25, 0.3) is 6.08 Å². The van der Waals surface area contributed by atoms with E-state index in [4.69, 9.17) is 23.2 Å². The van der Waals surface area contributed by atoms with Crippen LogP contribution in [0.2, 0.25) is 10.0 Å². The van der Waals surface area contributed by atoms with E-state index in [-0.39, 0.29) is 17.7 Å². The molecule has 0 radical (unpaired) electrons. The predicted molar refractivity (Wildman–Crippen MR) is 131 cm³/mol. The summed E-state index contributed by atoms with van der Waals surface area (Å²) in [4.78, 5) is 27.1. The molecule has 2 aromatic carbocycles. The molecule has 0 saturated carbocycles. The number of likely N-dealkylation sites (tertiary alicyclic amines) is 1. The number of aromatic nitrogens is 2. The Labute approximate surface area is 202 Å². The molecule has 2 amide bonds. The summed E-state index contributed by atoms with van der Waals surface area (Å²) in [6.45, 7) is 1.52. The standard InChI is InChI=1S/C25H24Cl2N4O2/c26-21-8-7-20(22(27)16-21)17-31-23(10-13-28-31)29-25(33)19-11-14-30(15-12-19)24(32)9-6-18-4-2-1-3-5-18/h1-10,13,16,19H,11-12,14-15,17H2,(H,29,33)/b9-6+. The van der Waals surface area contributed by atoms with Crippen molar-refractivity contribution >= 4 is 46.9 Å². The molecule has 6 nitrogen and oxygen atoms in total. The Bertz CT molecular complexity index is 1150. The first-order valence-corrected chi connectivity index (χ1v) is 11.5. The number of amides is 2. The third kappa shape index (κ3) is 6.03. The molecule has 1 aromatic heterocycles. The second kappa shape index (κ2) is 10.7. The molecule has 1 aliphatic heterocycles. The Hall–Kier alpha value is -3.09. The third-order valence-electron chi connectivity index (χ3n) is 5.70. The van der Waals surface area contributed by atoms with Crippen molar-refractivity contribution in [3.05, 3.63) is 88.0 Å². The molecule has 1 N–H and O–H groups in total. The molecule has 33 heavy (non-hydrogen) atoms. The Morgan fingerprint density at radius 1 is 1.06 bits per heavy atom. The minimum Gasteiger partial charge on any atom is -0.339 e. The van der Waals surface area contributed by atoms with Gasteiger partial charge in [0.25, 0.3) is 0 Å². The number of piperidine rings is 1. The first-order valence-electron chi connectivity index (χ1n) is 10.8. The first kappa shape index (κ1) is 23.1. The molecule has 0 unspecified atom stereocenters. The quantitative estimate of drug-likeness (QED) is 0.495. The SMILES string of the molecule is O=C(Nc1ccnn1Cc1ccc(Cl)cc1Cl)C1CCN(C(=O)/C=C/c2ccccc2)CC1. The zero-order valence-corrected chi connectivity index (χ0v) is 19.5. The highest BCUT2D eigenvalue weighted by molar-refractivity contribution is 6.35. The van der Waals surface area contributed by atoms with Crippen molar-refractivity contribution in [1.82, 2.24) is 14.7 Å².